The van der Waals surface area contributed by atoms with E-state index in [4.69, 9.17) is 4.74 Å². The zero-order chi connectivity index (χ0) is 25.4. The van der Waals surface area contributed by atoms with E-state index in [-0.39, 0.29) is 17.2 Å². The van der Waals surface area contributed by atoms with Crippen molar-refractivity contribution in [1.29, 1.82) is 0 Å². The first-order valence-electron chi connectivity index (χ1n) is 11.3. The molecule has 0 aliphatic heterocycles. The monoisotopic (exact) mass is 492 g/mol. The number of hydrogen-bond acceptors (Lipinski definition) is 3. The van der Waals surface area contributed by atoms with Crippen molar-refractivity contribution < 1.29 is 41.3 Å². The molecular weight excluding hydrogens is 462 g/mol. The number of unbranched alkanes of at least 4 members (excludes halogenated alkanes) is 6. The van der Waals surface area contributed by atoms with Gasteiger partial charge in [-0.05, 0) is 41.3 Å². The van der Waals surface area contributed by atoms with Gasteiger partial charge in [0.25, 0.3) is 6.48 Å². The number of aliphatic hydroxyl groups excluding tert-OH is 1. The molecule has 0 aliphatic carbocycles. The standard InChI is InChI=1S/C25H30F6O3/c1-2-3-4-5-6-7-8-9-22(34-23(32)33)18-12-10-17(11-13-18)19-14-20(24(26,27)28)16-21(15-19)25(29,30)31/h10-16,22-23,32-33H,2-9H2,1H3. The fraction of sp³-hybridized carbons (Fsp3) is 0.520. The van der Waals surface area contributed by atoms with Crippen LogP contribution in [0, 0.1) is 0 Å². The van der Waals surface area contributed by atoms with Gasteiger partial charge < -0.3 is 14.9 Å². The zero-order valence-corrected chi connectivity index (χ0v) is 18.9. The topological polar surface area (TPSA) is 49.7 Å². The third-order valence-electron chi connectivity index (χ3n) is 5.56. The van der Waals surface area contributed by atoms with E-state index < -0.39 is 36.1 Å². The fourth-order valence-electron chi connectivity index (χ4n) is 3.76. The van der Waals surface area contributed by atoms with E-state index in [0.29, 0.717) is 24.1 Å². The second-order valence-corrected chi connectivity index (χ2v) is 8.28. The van der Waals surface area contributed by atoms with Gasteiger partial charge in [0.05, 0.1) is 17.2 Å². The van der Waals surface area contributed by atoms with Crippen LogP contribution in [0.4, 0.5) is 26.3 Å². The minimum Gasteiger partial charge on any atom is -0.346 e. The second-order valence-electron chi connectivity index (χ2n) is 8.28. The lowest BCUT2D eigenvalue weighted by Gasteiger charge is -2.20. The summed E-state index contributed by atoms with van der Waals surface area (Å²) < 4.78 is 84.0. The van der Waals surface area contributed by atoms with E-state index in [1.807, 2.05) is 0 Å². The van der Waals surface area contributed by atoms with Gasteiger partial charge in [-0.1, -0.05) is 76.1 Å². The molecule has 0 spiro atoms. The molecule has 0 bridgehead atoms. The summed E-state index contributed by atoms with van der Waals surface area (Å²) in [6, 6.07) is 7.26. The van der Waals surface area contributed by atoms with Crippen LogP contribution < -0.4 is 0 Å². The third kappa shape index (κ3) is 8.92. The molecule has 2 aromatic carbocycles. The van der Waals surface area contributed by atoms with Gasteiger partial charge in [0.2, 0.25) is 0 Å². The first-order valence-corrected chi connectivity index (χ1v) is 11.3. The van der Waals surface area contributed by atoms with Crippen molar-refractivity contribution in [3.8, 4) is 11.1 Å². The maximum Gasteiger partial charge on any atom is 0.416 e. The highest BCUT2D eigenvalue weighted by Crippen LogP contribution is 2.39. The Labute approximate surface area is 195 Å². The SMILES string of the molecule is CCCCCCCCCC(OC(O)O)c1ccc(-c2cc(C(F)(F)F)cc(C(F)(F)F)c2)cc1. The molecule has 1 unspecified atom stereocenters. The Balaban J connectivity index is 2.19. The number of benzene rings is 2. The largest absolute Gasteiger partial charge is 0.416 e. The number of aliphatic hydroxyl groups is 2. The third-order valence-corrected chi connectivity index (χ3v) is 5.56. The Bertz CT molecular complexity index is 843. The van der Waals surface area contributed by atoms with Gasteiger partial charge in [0.1, 0.15) is 0 Å². The van der Waals surface area contributed by atoms with Crippen LogP contribution in [0.3, 0.4) is 0 Å². The Hall–Kier alpha value is -2.10. The number of hydrogen-bond donors (Lipinski definition) is 2. The van der Waals surface area contributed by atoms with Crippen molar-refractivity contribution in [1.82, 2.24) is 0 Å². The van der Waals surface area contributed by atoms with Crippen LogP contribution in [0.1, 0.15) is 81.1 Å². The van der Waals surface area contributed by atoms with Crippen molar-refractivity contribution in [2.45, 2.75) is 83.2 Å². The van der Waals surface area contributed by atoms with Crippen LogP contribution in [0.5, 0.6) is 0 Å². The Kier molecular flexibility index (Phi) is 10.4. The molecule has 0 heterocycles. The number of alkyl halides is 6. The van der Waals surface area contributed by atoms with Crippen LogP contribution in [-0.4, -0.2) is 16.7 Å². The summed E-state index contributed by atoms with van der Waals surface area (Å²) >= 11 is 0. The number of ether oxygens (including phenoxy) is 1. The molecule has 0 amide bonds. The Morgan fingerprint density at radius 1 is 0.706 bits per heavy atom. The molecule has 2 N–H and O–H groups in total. The van der Waals surface area contributed by atoms with Crippen LogP contribution in [-0.2, 0) is 17.1 Å². The van der Waals surface area contributed by atoms with E-state index in [9.17, 15) is 36.6 Å². The molecule has 190 valence electrons. The Morgan fingerprint density at radius 2 is 1.21 bits per heavy atom. The first-order chi connectivity index (χ1) is 15.9. The van der Waals surface area contributed by atoms with Crippen LogP contribution in [0.25, 0.3) is 11.1 Å². The fourth-order valence-corrected chi connectivity index (χ4v) is 3.76. The van der Waals surface area contributed by atoms with Crippen molar-refractivity contribution in [2.75, 3.05) is 0 Å². The summed E-state index contributed by atoms with van der Waals surface area (Å²) in [5, 5.41) is 18.5. The second kappa shape index (κ2) is 12.6. The molecule has 34 heavy (non-hydrogen) atoms. The molecule has 0 radical (unpaired) electrons. The van der Waals surface area contributed by atoms with Crippen molar-refractivity contribution >= 4 is 0 Å². The van der Waals surface area contributed by atoms with Crippen molar-refractivity contribution in [3.63, 3.8) is 0 Å². The van der Waals surface area contributed by atoms with Crippen LogP contribution in [0.15, 0.2) is 42.5 Å². The molecule has 9 heteroatoms. The lowest BCUT2D eigenvalue weighted by Crippen LogP contribution is -2.15. The quantitative estimate of drug-likeness (QED) is 0.180. The maximum atomic E-state index is 13.1. The van der Waals surface area contributed by atoms with Gasteiger partial charge in [0, 0.05) is 0 Å². The normalized spacial score (nSPS) is 13.5. The predicted molar refractivity (Wildman–Crippen MR) is 117 cm³/mol. The Morgan fingerprint density at radius 3 is 1.68 bits per heavy atom. The van der Waals surface area contributed by atoms with E-state index in [0.717, 1.165) is 32.1 Å². The molecule has 0 saturated heterocycles. The minimum atomic E-state index is -4.93. The number of halogens is 6. The molecule has 0 saturated carbocycles. The first kappa shape index (κ1) is 28.1. The van der Waals surface area contributed by atoms with Gasteiger partial charge in [-0.25, -0.2) is 0 Å². The minimum absolute atomic E-state index is 0.0899. The van der Waals surface area contributed by atoms with Crippen molar-refractivity contribution in [3.05, 3.63) is 59.2 Å². The van der Waals surface area contributed by atoms with Crippen LogP contribution in [0.2, 0.25) is 0 Å². The summed E-state index contributed by atoms with van der Waals surface area (Å²) in [5.74, 6) is 0. The maximum absolute atomic E-state index is 13.1. The van der Waals surface area contributed by atoms with Gasteiger partial charge in [-0.3, -0.25) is 0 Å². The van der Waals surface area contributed by atoms with E-state index in [2.05, 4.69) is 6.92 Å². The van der Waals surface area contributed by atoms with Gasteiger partial charge in [-0.2, -0.15) is 26.3 Å². The van der Waals surface area contributed by atoms with E-state index in [1.165, 1.54) is 37.1 Å². The molecule has 0 aliphatic rings. The molecule has 2 rings (SSSR count). The van der Waals surface area contributed by atoms with E-state index >= 15 is 0 Å². The summed E-state index contributed by atoms with van der Waals surface area (Å²) in [5.41, 5.74) is -2.28. The lowest BCUT2D eigenvalue weighted by molar-refractivity contribution is -0.259. The highest BCUT2D eigenvalue weighted by molar-refractivity contribution is 5.66. The van der Waals surface area contributed by atoms with Crippen LogP contribution >= 0.6 is 0 Å². The smallest absolute Gasteiger partial charge is 0.346 e. The molecule has 0 aromatic heterocycles. The molecular formula is C25H30F6O3. The molecule has 1 atom stereocenters. The lowest BCUT2D eigenvalue weighted by atomic mass is 9.96. The van der Waals surface area contributed by atoms with Gasteiger partial charge in [0.15, 0.2) is 0 Å². The zero-order valence-electron chi connectivity index (χ0n) is 18.9. The molecule has 2 aromatic rings. The molecule has 3 nitrogen and oxygen atoms in total. The highest BCUT2D eigenvalue weighted by atomic mass is 19.4. The average Bonchev–Trinajstić information content (AvgIpc) is 2.76. The predicted octanol–water partition coefficient (Wildman–Crippen LogP) is 7.86. The molecule has 0 fully saturated rings. The highest BCUT2D eigenvalue weighted by Gasteiger charge is 2.37. The average molecular weight is 493 g/mol. The summed E-state index contributed by atoms with van der Waals surface area (Å²) in [6.45, 7) is 0.127. The summed E-state index contributed by atoms with van der Waals surface area (Å²) in [4.78, 5) is 0. The van der Waals surface area contributed by atoms with E-state index in [1.54, 1.807) is 0 Å². The number of rotatable bonds is 12. The van der Waals surface area contributed by atoms with Crippen molar-refractivity contribution in [2.24, 2.45) is 0 Å². The summed E-state index contributed by atoms with van der Waals surface area (Å²) in [6.07, 6.45) is -2.66. The van der Waals surface area contributed by atoms with Gasteiger partial charge >= 0.3 is 12.4 Å². The van der Waals surface area contributed by atoms with Gasteiger partial charge in [-0.15, -0.1) is 0 Å². The summed E-state index contributed by atoms with van der Waals surface area (Å²) in [7, 11) is 0.